The van der Waals surface area contributed by atoms with Crippen LogP contribution in [-0.4, -0.2) is 19.3 Å². The first-order valence-corrected chi connectivity index (χ1v) is 7.18. The molecule has 20 heavy (non-hydrogen) atoms. The maximum absolute atomic E-state index is 12.0. The first-order chi connectivity index (χ1) is 9.54. The third-order valence-corrected chi connectivity index (χ3v) is 3.50. The molecule has 1 aliphatic rings. The lowest BCUT2D eigenvalue weighted by Crippen LogP contribution is -2.17. The second-order valence-corrected chi connectivity index (χ2v) is 5.27. The molecule has 1 aliphatic heterocycles. The number of hydrogen-bond acceptors (Lipinski definition) is 2. The van der Waals surface area contributed by atoms with Crippen molar-refractivity contribution >= 4 is 5.69 Å². The number of fused-ring (bicyclic) bond motifs is 1. The topological polar surface area (TPSA) is 24.1 Å². The molecular weight excluding hydrogens is 265 g/mol. The Morgan fingerprint density at radius 3 is 2.85 bits per heavy atom. The van der Waals surface area contributed by atoms with E-state index in [0.29, 0.717) is 13.0 Å². The summed E-state index contributed by atoms with van der Waals surface area (Å²) in [5.41, 5.74) is 3.75. The summed E-state index contributed by atoms with van der Waals surface area (Å²) >= 11 is 0. The Bertz CT molecular complexity index is 430. The van der Waals surface area contributed by atoms with Crippen LogP contribution in [0.1, 0.15) is 36.8 Å². The van der Waals surface area contributed by atoms with Crippen LogP contribution in [0.5, 0.6) is 0 Å². The maximum Gasteiger partial charge on any atom is 0.389 e. The molecule has 2 nitrogen and oxygen atoms in total. The van der Waals surface area contributed by atoms with Crippen molar-refractivity contribution in [1.82, 2.24) is 5.32 Å². The van der Waals surface area contributed by atoms with E-state index in [1.165, 1.54) is 16.8 Å². The van der Waals surface area contributed by atoms with Gasteiger partial charge in [-0.25, -0.2) is 0 Å². The number of benzene rings is 1. The van der Waals surface area contributed by atoms with Gasteiger partial charge in [-0.15, -0.1) is 0 Å². The van der Waals surface area contributed by atoms with Gasteiger partial charge in [-0.1, -0.05) is 12.1 Å². The highest BCUT2D eigenvalue weighted by Crippen LogP contribution is 2.23. The molecule has 1 aromatic carbocycles. The molecule has 0 aromatic heterocycles. The minimum absolute atomic E-state index is 0.199. The predicted molar refractivity (Wildman–Crippen MR) is 74.9 cm³/mol. The minimum Gasteiger partial charge on any atom is -0.385 e. The first kappa shape index (κ1) is 15.2. The average molecular weight is 286 g/mol. The molecule has 0 aliphatic carbocycles. The zero-order valence-electron chi connectivity index (χ0n) is 11.5. The smallest absolute Gasteiger partial charge is 0.385 e. The third-order valence-electron chi connectivity index (χ3n) is 3.50. The highest BCUT2D eigenvalue weighted by atomic mass is 19.4. The molecule has 2 N–H and O–H groups in total. The van der Waals surface area contributed by atoms with Crippen molar-refractivity contribution in [2.24, 2.45) is 0 Å². The van der Waals surface area contributed by atoms with E-state index in [2.05, 4.69) is 28.8 Å². The van der Waals surface area contributed by atoms with E-state index in [0.717, 1.165) is 25.9 Å². The van der Waals surface area contributed by atoms with Crippen LogP contribution in [0.25, 0.3) is 0 Å². The van der Waals surface area contributed by atoms with Gasteiger partial charge in [0.15, 0.2) is 0 Å². The van der Waals surface area contributed by atoms with Gasteiger partial charge in [0.05, 0.1) is 0 Å². The van der Waals surface area contributed by atoms with Crippen LogP contribution in [0.2, 0.25) is 0 Å². The van der Waals surface area contributed by atoms with Crippen molar-refractivity contribution < 1.29 is 13.2 Å². The highest BCUT2D eigenvalue weighted by Gasteiger charge is 2.25. The fourth-order valence-corrected chi connectivity index (χ4v) is 2.45. The van der Waals surface area contributed by atoms with Crippen LogP contribution in [0.15, 0.2) is 18.2 Å². The summed E-state index contributed by atoms with van der Waals surface area (Å²) in [5, 5.41) is 6.57. The molecule has 0 radical (unpaired) electrons. The van der Waals surface area contributed by atoms with Gasteiger partial charge in [0, 0.05) is 25.2 Å². The van der Waals surface area contributed by atoms with Gasteiger partial charge in [0.25, 0.3) is 0 Å². The molecule has 0 amide bonds. The summed E-state index contributed by atoms with van der Waals surface area (Å²) in [6.45, 7) is 2.38. The van der Waals surface area contributed by atoms with Crippen molar-refractivity contribution in [3.05, 3.63) is 29.3 Å². The summed E-state index contributed by atoms with van der Waals surface area (Å²) in [7, 11) is 0. The molecule has 2 rings (SSSR count). The second-order valence-electron chi connectivity index (χ2n) is 5.27. The quantitative estimate of drug-likeness (QED) is 0.776. The van der Waals surface area contributed by atoms with Gasteiger partial charge in [-0.3, -0.25) is 0 Å². The molecule has 0 atom stereocenters. The summed E-state index contributed by atoms with van der Waals surface area (Å²) in [5.74, 6) is 0. The lowest BCUT2D eigenvalue weighted by Gasteiger charge is -2.18. The van der Waals surface area contributed by atoms with Gasteiger partial charge in [0.2, 0.25) is 0 Å². The molecule has 0 saturated heterocycles. The maximum atomic E-state index is 12.0. The van der Waals surface area contributed by atoms with Gasteiger partial charge in [-0.2, -0.15) is 13.2 Å². The Kier molecular flexibility index (Phi) is 5.29. The van der Waals surface area contributed by atoms with Crippen molar-refractivity contribution in [1.29, 1.82) is 0 Å². The number of anilines is 1. The Balaban J connectivity index is 1.67. The van der Waals surface area contributed by atoms with E-state index >= 15 is 0 Å². The fraction of sp³-hybridized carbons (Fsp3) is 0.600. The highest BCUT2D eigenvalue weighted by molar-refractivity contribution is 5.54. The summed E-state index contributed by atoms with van der Waals surface area (Å²) in [4.78, 5) is 0. The molecule has 0 saturated carbocycles. The van der Waals surface area contributed by atoms with E-state index in [4.69, 9.17) is 0 Å². The fourth-order valence-electron chi connectivity index (χ4n) is 2.45. The van der Waals surface area contributed by atoms with Crippen LogP contribution in [0.3, 0.4) is 0 Å². The molecule has 0 unspecified atom stereocenters. The standard InChI is InChI=1S/C15H21F3N2/c16-15(17,18)7-1-2-8-19-11-12-5-6-14-13(10-12)4-3-9-20-14/h5-6,10,19-20H,1-4,7-9,11H2. The van der Waals surface area contributed by atoms with Crippen LogP contribution in [0, 0.1) is 0 Å². The molecule has 1 heterocycles. The first-order valence-electron chi connectivity index (χ1n) is 7.18. The van der Waals surface area contributed by atoms with E-state index < -0.39 is 12.6 Å². The molecular formula is C15H21F3N2. The zero-order chi connectivity index (χ0) is 14.4. The van der Waals surface area contributed by atoms with E-state index in [-0.39, 0.29) is 6.42 Å². The molecule has 0 fully saturated rings. The van der Waals surface area contributed by atoms with Crippen molar-refractivity contribution in [2.45, 2.75) is 44.8 Å². The van der Waals surface area contributed by atoms with Crippen LogP contribution in [0.4, 0.5) is 18.9 Å². The number of alkyl halides is 3. The number of hydrogen-bond donors (Lipinski definition) is 2. The van der Waals surface area contributed by atoms with Gasteiger partial charge in [0.1, 0.15) is 0 Å². The second kappa shape index (κ2) is 6.97. The van der Waals surface area contributed by atoms with Crippen molar-refractivity contribution in [3.8, 4) is 0 Å². The van der Waals surface area contributed by atoms with E-state index in [1.54, 1.807) is 0 Å². The Labute approximate surface area is 117 Å². The minimum atomic E-state index is -4.02. The number of aryl methyl sites for hydroxylation is 1. The molecule has 5 heteroatoms. The summed E-state index contributed by atoms with van der Waals surface area (Å²) in [6.07, 6.45) is -1.69. The van der Waals surface area contributed by atoms with Gasteiger partial charge >= 0.3 is 6.18 Å². The average Bonchev–Trinajstić information content (AvgIpc) is 2.41. The Morgan fingerprint density at radius 1 is 1.20 bits per heavy atom. The number of nitrogens with one attached hydrogen (secondary N) is 2. The summed E-state index contributed by atoms with van der Waals surface area (Å²) < 4.78 is 35.9. The van der Waals surface area contributed by atoms with Crippen LogP contribution >= 0.6 is 0 Å². The Morgan fingerprint density at radius 2 is 2.05 bits per heavy atom. The van der Waals surface area contributed by atoms with Gasteiger partial charge < -0.3 is 10.6 Å². The normalized spacial score (nSPS) is 14.8. The van der Waals surface area contributed by atoms with Crippen LogP contribution in [-0.2, 0) is 13.0 Å². The molecule has 1 aromatic rings. The number of halogens is 3. The lowest BCUT2D eigenvalue weighted by molar-refractivity contribution is -0.135. The van der Waals surface area contributed by atoms with Crippen LogP contribution < -0.4 is 10.6 Å². The molecule has 112 valence electrons. The zero-order valence-corrected chi connectivity index (χ0v) is 11.5. The molecule has 0 spiro atoms. The molecule has 0 bridgehead atoms. The monoisotopic (exact) mass is 286 g/mol. The SMILES string of the molecule is FC(F)(F)CCCCNCc1ccc2c(c1)CCCN2. The predicted octanol–water partition coefficient (Wildman–Crippen LogP) is 3.87. The van der Waals surface area contributed by atoms with Gasteiger partial charge in [-0.05, 0) is 49.4 Å². The largest absolute Gasteiger partial charge is 0.389 e. The van der Waals surface area contributed by atoms with E-state index in [1.807, 2.05) is 0 Å². The third kappa shape index (κ3) is 5.04. The van der Waals surface area contributed by atoms with Crippen molar-refractivity contribution in [3.63, 3.8) is 0 Å². The lowest BCUT2D eigenvalue weighted by atomic mass is 10.0. The Hall–Kier alpha value is -1.23. The van der Waals surface area contributed by atoms with Crippen molar-refractivity contribution in [2.75, 3.05) is 18.4 Å². The number of unbranched alkanes of at least 4 members (excludes halogenated alkanes) is 1. The number of rotatable bonds is 6. The van der Waals surface area contributed by atoms with E-state index in [9.17, 15) is 13.2 Å². The summed E-state index contributed by atoms with van der Waals surface area (Å²) in [6, 6.07) is 6.35.